The number of rotatable bonds is 2. The summed E-state index contributed by atoms with van der Waals surface area (Å²) in [6.45, 7) is 0. The highest BCUT2D eigenvalue weighted by Gasteiger charge is 2.19. The number of hydrogen-bond donors (Lipinski definition) is 1. The first-order valence-corrected chi connectivity index (χ1v) is 6.25. The lowest BCUT2D eigenvalue weighted by molar-refractivity contribution is 0.147. The van der Waals surface area contributed by atoms with Gasteiger partial charge < -0.3 is 10.5 Å². The highest BCUT2D eigenvalue weighted by molar-refractivity contribution is 6.31. The van der Waals surface area contributed by atoms with Crippen molar-refractivity contribution in [1.29, 1.82) is 0 Å². The van der Waals surface area contributed by atoms with Crippen molar-refractivity contribution in [2.24, 2.45) is 5.73 Å². The van der Waals surface area contributed by atoms with E-state index in [0.717, 1.165) is 31.4 Å². The van der Waals surface area contributed by atoms with Gasteiger partial charge in [0.2, 0.25) is 0 Å². The molecule has 1 fully saturated rings. The fourth-order valence-electron chi connectivity index (χ4n) is 2.09. The molecule has 1 aromatic rings. The lowest BCUT2D eigenvalue weighted by Crippen LogP contribution is -2.31. The first-order valence-electron chi connectivity index (χ1n) is 5.87. The van der Waals surface area contributed by atoms with Crippen LogP contribution in [-0.4, -0.2) is 12.1 Å². The number of hydrogen-bond acceptors (Lipinski definition) is 2. The third kappa shape index (κ3) is 3.15. The Morgan fingerprint density at radius 1 is 1.29 bits per heavy atom. The normalized spacial score (nSPS) is 24.1. The van der Waals surface area contributed by atoms with Crippen molar-refractivity contribution < 1.29 is 4.74 Å². The van der Waals surface area contributed by atoms with Gasteiger partial charge in [-0.25, -0.2) is 0 Å². The average Bonchev–Trinajstić information content (AvgIpc) is 2.32. The number of nitrogens with two attached hydrogens (primary N) is 1. The van der Waals surface area contributed by atoms with Crippen LogP contribution in [0.1, 0.15) is 31.2 Å². The molecule has 0 atom stereocenters. The molecule has 2 rings (SSSR count). The minimum Gasteiger partial charge on any atom is -0.490 e. The Labute approximate surface area is 107 Å². The highest BCUT2D eigenvalue weighted by Crippen LogP contribution is 2.26. The smallest absolute Gasteiger partial charge is 0.121 e. The molecule has 1 aromatic carbocycles. The summed E-state index contributed by atoms with van der Waals surface area (Å²) in [6.07, 6.45) is 9.64. The number of terminal acetylenes is 1. The van der Waals surface area contributed by atoms with Crippen molar-refractivity contribution in [3.63, 3.8) is 0 Å². The van der Waals surface area contributed by atoms with E-state index in [2.05, 4.69) is 5.92 Å². The molecule has 0 aliphatic heterocycles. The fraction of sp³-hybridized carbons (Fsp3) is 0.429. The van der Waals surface area contributed by atoms with Crippen LogP contribution < -0.4 is 10.5 Å². The molecular formula is C14H16ClNO. The van der Waals surface area contributed by atoms with Crippen molar-refractivity contribution in [1.82, 2.24) is 0 Å². The molecule has 1 saturated carbocycles. The zero-order valence-corrected chi connectivity index (χ0v) is 10.4. The first kappa shape index (κ1) is 12.3. The number of ether oxygens (including phenoxy) is 1. The lowest BCUT2D eigenvalue weighted by Gasteiger charge is -2.26. The van der Waals surface area contributed by atoms with Gasteiger partial charge in [0.25, 0.3) is 0 Å². The molecule has 2 nitrogen and oxygen atoms in total. The molecule has 1 aliphatic carbocycles. The predicted octanol–water partition coefficient (Wildman–Crippen LogP) is 2.97. The Kier molecular flexibility index (Phi) is 3.93. The van der Waals surface area contributed by atoms with E-state index in [9.17, 15) is 0 Å². The van der Waals surface area contributed by atoms with E-state index in [4.69, 9.17) is 28.5 Å². The van der Waals surface area contributed by atoms with Crippen molar-refractivity contribution in [3.05, 3.63) is 28.8 Å². The van der Waals surface area contributed by atoms with Crippen LogP contribution in [0.25, 0.3) is 0 Å². The van der Waals surface area contributed by atoms with E-state index in [1.807, 2.05) is 12.1 Å². The standard InChI is InChI=1S/C14H16ClNO/c1-2-10-3-6-13(9-14(10)15)17-12-7-4-11(16)5-8-12/h1,3,6,9,11-12H,4-5,7-8,16H2/t11-,12-. The minimum absolute atomic E-state index is 0.252. The van der Waals surface area contributed by atoms with Crippen LogP contribution >= 0.6 is 11.6 Å². The summed E-state index contributed by atoms with van der Waals surface area (Å²) in [5.74, 6) is 3.31. The van der Waals surface area contributed by atoms with Crippen LogP contribution in [0.2, 0.25) is 5.02 Å². The van der Waals surface area contributed by atoms with Crippen LogP contribution in [0.4, 0.5) is 0 Å². The summed E-state index contributed by atoms with van der Waals surface area (Å²) in [7, 11) is 0. The van der Waals surface area contributed by atoms with Crippen molar-refractivity contribution in [3.8, 4) is 18.1 Å². The van der Waals surface area contributed by atoms with Crippen molar-refractivity contribution >= 4 is 11.6 Å². The maximum absolute atomic E-state index is 6.03. The number of benzene rings is 1. The first-order chi connectivity index (χ1) is 8.19. The third-order valence-electron chi connectivity index (χ3n) is 3.12. The van der Waals surface area contributed by atoms with E-state index in [-0.39, 0.29) is 6.10 Å². The molecular weight excluding hydrogens is 234 g/mol. The van der Waals surface area contributed by atoms with Crippen LogP contribution in [0.5, 0.6) is 5.75 Å². The van der Waals surface area contributed by atoms with Gasteiger partial charge in [-0.2, -0.15) is 0 Å². The van der Waals surface area contributed by atoms with Crippen molar-refractivity contribution in [2.45, 2.75) is 37.8 Å². The molecule has 0 spiro atoms. The molecule has 0 heterocycles. The van der Waals surface area contributed by atoms with Crippen LogP contribution in [0, 0.1) is 12.3 Å². The van der Waals surface area contributed by atoms with Gasteiger partial charge in [0.1, 0.15) is 5.75 Å². The lowest BCUT2D eigenvalue weighted by atomic mass is 9.94. The topological polar surface area (TPSA) is 35.2 Å². The second-order valence-electron chi connectivity index (χ2n) is 4.44. The maximum Gasteiger partial charge on any atom is 0.121 e. The Balaban J connectivity index is 2.00. The predicted molar refractivity (Wildman–Crippen MR) is 70.2 cm³/mol. The minimum atomic E-state index is 0.252. The van der Waals surface area contributed by atoms with Crippen LogP contribution in [0.15, 0.2) is 18.2 Å². The van der Waals surface area contributed by atoms with Gasteiger partial charge in [0.05, 0.1) is 11.1 Å². The molecule has 0 aromatic heterocycles. The molecule has 0 unspecified atom stereocenters. The fourth-order valence-corrected chi connectivity index (χ4v) is 2.31. The second-order valence-corrected chi connectivity index (χ2v) is 4.85. The zero-order valence-electron chi connectivity index (χ0n) is 9.66. The monoisotopic (exact) mass is 249 g/mol. The second kappa shape index (κ2) is 5.44. The highest BCUT2D eigenvalue weighted by atomic mass is 35.5. The molecule has 0 amide bonds. The van der Waals surface area contributed by atoms with E-state index >= 15 is 0 Å². The van der Waals surface area contributed by atoms with Gasteiger partial charge in [0, 0.05) is 17.7 Å². The molecule has 0 radical (unpaired) electrons. The third-order valence-corrected chi connectivity index (χ3v) is 3.43. The van der Waals surface area contributed by atoms with Gasteiger partial charge in [-0.05, 0) is 37.8 Å². The zero-order chi connectivity index (χ0) is 12.3. The summed E-state index contributed by atoms with van der Waals surface area (Å²) in [4.78, 5) is 0. The van der Waals surface area contributed by atoms with E-state index in [0.29, 0.717) is 16.6 Å². The molecule has 90 valence electrons. The molecule has 0 saturated heterocycles. The average molecular weight is 250 g/mol. The van der Waals surface area contributed by atoms with E-state index < -0.39 is 0 Å². The molecule has 0 bridgehead atoms. The summed E-state index contributed by atoms with van der Waals surface area (Å²) < 4.78 is 5.88. The SMILES string of the molecule is C#Cc1ccc(O[C@H]2CC[C@H](N)CC2)cc1Cl. The van der Waals surface area contributed by atoms with E-state index in [1.54, 1.807) is 6.07 Å². The molecule has 3 heteroatoms. The molecule has 2 N–H and O–H groups in total. The van der Waals surface area contributed by atoms with Crippen molar-refractivity contribution in [2.75, 3.05) is 0 Å². The molecule has 17 heavy (non-hydrogen) atoms. The van der Waals surface area contributed by atoms with Gasteiger partial charge in [-0.1, -0.05) is 17.5 Å². The largest absolute Gasteiger partial charge is 0.490 e. The quantitative estimate of drug-likeness (QED) is 0.818. The van der Waals surface area contributed by atoms with E-state index in [1.165, 1.54) is 0 Å². The summed E-state index contributed by atoms with van der Waals surface area (Å²) in [6, 6.07) is 5.80. The maximum atomic E-state index is 6.03. The Bertz CT molecular complexity index is 430. The Hall–Kier alpha value is -1.17. The Morgan fingerprint density at radius 2 is 2.00 bits per heavy atom. The summed E-state index contributed by atoms with van der Waals surface area (Å²) in [5, 5.41) is 0.567. The Morgan fingerprint density at radius 3 is 2.59 bits per heavy atom. The van der Waals surface area contributed by atoms with Gasteiger partial charge in [-0.15, -0.1) is 6.42 Å². The van der Waals surface area contributed by atoms with Gasteiger partial charge in [-0.3, -0.25) is 0 Å². The van der Waals surface area contributed by atoms with Gasteiger partial charge in [0.15, 0.2) is 0 Å². The van der Waals surface area contributed by atoms with Crippen LogP contribution in [0.3, 0.4) is 0 Å². The molecule has 1 aliphatic rings. The summed E-state index contributed by atoms with van der Waals surface area (Å²) >= 11 is 6.03. The van der Waals surface area contributed by atoms with Gasteiger partial charge >= 0.3 is 0 Å². The number of halogens is 1. The summed E-state index contributed by atoms with van der Waals surface area (Å²) in [5.41, 5.74) is 6.55. The van der Waals surface area contributed by atoms with Crippen LogP contribution in [-0.2, 0) is 0 Å².